The third-order valence-electron chi connectivity index (χ3n) is 2.85. The Balaban J connectivity index is 2.20. The zero-order valence-electron chi connectivity index (χ0n) is 10.1. The average Bonchev–Trinajstić information content (AvgIpc) is 2.56. The van der Waals surface area contributed by atoms with E-state index in [1.54, 1.807) is 6.20 Å². The highest BCUT2D eigenvalue weighted by Gasteiger charge is 2.35. The summed E-state index contributed by atoms with van der Waals surface area (Å²) in [6.07, 6.45) is 1.64. The van der Waals surface area contributed by atoms with Crippen LogP contribution in [0.5, 0.6) is 0 Å². The molecule has 5 nitrogen and oxygen atoms in total. The summed E-state index contributed by atoms with van der Waals surface area (Å²) in [5, 5.41) is 0. The molecule has 1 aromatic heterocycles. The van der Waals surface area contributed by atoms with Crippen molar-refractivity contribution in [3.8, 4) is 0 Å². The van der Waals surface area contributed by atoms with Gasteiger partial charge in [-0.3, -0.25) is 9.69 Å². The van der Waals surface area contributed by atoms with Gasteiger partial charge in [-0.05, 0) is 34.5 Å². The van der Waals surface area contributed by atoms with Gasteiger partial charge in [0.2, 0.25) is 5.91 Å². The number of anilines is 1. The Bertz CT molecular complexity index is 620. The first-order chi connectivity index (χ1) is 8.76. The molecule has 1 aromatic rings. The Labute approximate surface area is 119 Å². The van der Waals surface area contributed by atoms with Gasteiger partial charge in [0.15, 0.2) is 0 Å². The van der Waals surface area contributed by atoms with Crippen LogP contribution in [-0.2, 0) is 15.0 Å². The van der Waals surface area contributed by atoms with E-state index < -0.39 is 21.9 Å². The van der Waals surface area contributed by atoms with Gasteiger partial charge in [0, 0.05) is 25.1 Å². The van der Waals surface area contributed by atoms with Crippen molar-refractivity contribution in [1.82, 2.24) is 4.98 Å². The first-order valence-corrected chi connectivity index (χ1v) is 7.95. The van der Waals surface area contributed by atoms with Crippen molar-refractivity contribution in [3.63, 3.8) is 0 Å². The van der Waals surface area contributed by atoms with Crippen LogP contribution in [0.15, 0.2) is 16.7 Å². The van der Waals surface area contributed by atoms with Gasteiger partial charge in [0.05, 0.1) is 10.2 Å². The molecule has 1 aliphatic heterocycles. The van der Waals surface area contributed by atoms with E-state index in [1.807, 2.05) is 13.0 Å². The molecule has 0 aromatic carbocycles. The van der Waals surface area contributed by atoms with Gasteiger partial charge in [-0.15, -0.1) is 3.89 Å². The smallest absolute Gasteiger partial charge is 0.296 e. The molecule has 1 saturated heterocycles. The molecule has 2 rings (SSSR count). The Hall–Kier alpha value is -1.02. The van der Waals surface area contributed by atoms with E-state index in [0.29, 0.717) is 10.3 Å². The predicted octanol–water partition coefficient (Wildman–Crippen LogP) is 1.80. The number of pyridine rings is 1. The lowest BCUT2D eigenvalue weighted by Crippen LogP contribution is -2.26. The van der Waals surface area contributed by atoms with E-state index in [0.717, 1.165) is 5.56 Å². The summed E-state index contributed by atoms with van der Waals surface area (Å²) in [6, 6.07) is 1.81. The van der Waals surface area contributed by atoms with Crippen LogP contribution in [-0.4, -0.2) is 31.6 Å². The molecule has 1 unspecified atom stereocenters. The second-order valence-electron chi connectivity index (χ2n) is 4.60. The predicted molar refractivity (Wildman–Crippen MR) is 72.0 cm³/mol. The molecule has 8 heteroatoms. The number of amides is 1. The number of hydrogen-bond acceptors (Lipinski definition) is 4. The fourth-order valence-electron chi connectivity index (χ4n) is 2.10. The summed E-state index contributed by atoms with van der Waals surface area (Å²) in [4.78, 5) is 17.4. The van der Waals surface area contributed by atoms with Gasteiger partial charge < -0.3 is 0 Å². The summed E-state index contributed by atoms with van der Waals surface area (Å²) in [6.45, 7) is 2.03. The van der Waals surface area contributed by atoms with Crippen molar-refractivity contribution in [3.05, 3.63) is 22.3 Å². The first kappa shape index (κ1) is 14.4. The zero-order chi connectivity index (χ0) is 14.2. The fourth-order valence-corrected chi connectivity index (χ4v) is 3.57. The maximum Gasteiger partial charge on any atom is 0.302 e. The minimum atomic E-state index is -4.56. The van der Waals surface area contributed by atoms with E-state index in [4.69, 9.17) is 0 Å². The number of hydrogen-bond donors (Lipinski definition) is 0. The van der Waals surface area contributed by atoms with E-state index in [2.05, 4.69) is 20.9 Å². The van der Waals surface area contributed by atoms with Crippen molar-refractivity contribution in [2.75, 3.05) is 17.2 Å². The van der Waals surface area contributed by atoms with Crippen LogP contribution >= 0.6 is 15.9 Å². The second-order valence-corrected chi connectivity index (χ2v) is 6.86. The minimum Gasteiger partial charge on any atom is -0.296 e. The number of nitrogens with zero attached hydrogens (tertiary/aromatic N) is 2. The van der Waals surface area contributed by atoms with Crippen LogP contribution in [0.3, 0.4) is 0 Å². The van der Waals surface area contributed by atoms with Gasteiger partial charge >= 0.3 is 10.2 Å². The Morgan fingerprint density at radius 3 is 2.84 bits per heavy atom. The highest BCUT2D eigenvalue weighted by atomic mass is 79.9. The van der Waals surface area contributed by atoms with Crippen molar-refractivity contribution in [2.24, 2.45) is 5.92 Å². The molecule has 1 fully saturated rings. The number of rotatable bonds is 3. The van der Waals surface area contributed by atoms with Crippen molar-refractivity contribution in [1.29, 1.82) is 0 Å². The molecule has 1 atom stereocenters. The molecule has 0 N–H and O–H groups in total. The number of halogens is 2. The maximum absolute atomic E-state index is 12.6. The van der Waals surface area contributed by atoms with Crippen molar-refractivity contribution >= 4 is 37.9 Å². The van der Waals surface area contributed by atoms with Gasteiger partial charge in [-0.1, -0.05) is 0 Å². The average molecular weight is 351 g/mol. The Morgan fingerprint density at radius 1 is 1.58 bits per heavy atom. The molecule has 1 amide bonds. The molecule has 0 saturated carbocycles. The number of aromatic nitrogens is 1. The van der Waals surface area contributed by atoms with Crippen molar-refractivity contribution in [2.45, 2.75) is 13.3 Å². The van der Waals surface area contributed by atoms with Crippen LogP contribution in [0.4, 0.5) is 9.70 Å². The fraction of sp³-hybridized carbons (Fsp3) is 0.455. The SMILES string of the molecule is Cc1cnc(N2CC(CS(=O)(=O)F)CC2=O)c(Br)c1. The van der Waals surface area contributed by atoms with Gasteiger partial charge in [-0.2, -0.15) is 8.42 Å². The van der Waals surface area contributed by atoms with E-state index in [9.17, 15) is 17.1 Å². The highest BCUT2D eigenvalue weighted by Crippen LogP contribution is 2.30. The summed E-state index contributed by atoms with van der Waals surface area (Å²) >= 11 is 3.32. The number of aryl methyl sites for hydroxylation is 1. The number of carbonyl (C=O) groups is 1. The molecule has 0 spiro atoms. The topological polar surface area (TPSA) is 67.3 Å². The van der Waals surface area contributed by atoms with E-state index >= 15 is 0 Å². The van der Waals surface area contributed by atoms with Crippen LogP contribution < -0.4 is 4.90 Å². The molecular weight excluding hydrogens is 339 g/mol. The zero-order valence-corrected chi connectivity index (χ0v) is 12.5. The number of carbonyl (C=O) groups excluding carboxylic acids is 1. The standard InChI is InChI=1S/C11H12BrFN2O3S/c1-7-2-9(12)11(14-4-7)15-5-8(3-10(15)16)6-19(13,17)18/h2,4,8H,3,5-6H2,1H3. The van der Waals surface area contributed by atoms with Crippen LogP contribution in [0.25, 0.3) is 0 Å². The third kappa shape index (κ3) is 3.50. The van der Waals surface area contributed by atoms with Gasteiger partial charge in [0.25, 0.3) is 0 Å². The van der Waals surface area contributed by atoms with E-state index in [-0.39, 0.29) is 18.9 Å². The molecule has 19 heavy (non-hydrogen) atoms. The van der Waals surface area contributed by atoms with Crippen LogP contribution in [0, 0.1) is 12.8 Å². The summed E-state index contributed by atoms with van der Waals surface area (Å²) in [5.74, 6) is -0.962. The molecule has 0 radical (unpaired) electrons. The molecule has 104 valence electrons. The maximum atomic E-state index is 12.6. The van der Waals surface area contributed by atoms with Gasteiger partial charge in [-0.25, -0.2) is 4.98 Å². The van der Waals surface area contributed by atoms with Crippen LogP contribution in [0.1, 0.15) is 12.0 Å². The molecule has 1 aliphatic rings. The quantitative estimate of drug-likeness (QED) is 0.779. The normalized spacial score (nSPS) is 20.1. The minimum absolute atomic E-state index is 0.0190. The molecule has 0 aliphatic carbocycles. The largest absolute Gasteiger partial charge is 0.302 e. The monoisotopic (exact) mass is 350 g/mol. The van der Waals surface area contributed by atoms with Gasteiger partial charge in [0.1, 0.15) is 5.82 Å². The highest BCUT2D eigenvalue weighted by molar-refractivity contribution is 9.10. The Kier molecular flexibility index (Phi) is 3.91. The molecular formula is C11H12BrFN2O3S. The third-order valence-corrected chi connectivity index (χ3v) is 4.31. The molecule has 2 heterocycles. The lowest BCUT2D eigenvalue weighted by Gasteiger charge is -2.17. The van der Waals surface area contributed by atoms with Crippen LogP contribution in [0.2, 0.25) is 0 Å². The lowest BCUT2D eigenvalue weighted by atomic mass is 10.1. The summed E-state index contributed by atoms with van der Waals surface area (Å²) in [5.41, 5.74) is 0.935. The van der Waals surface area contributed by atoms with Crippen molar-refractivity contribution < 1.29 is 17.1 Å². The first-order valence-electron chi connectivity index (χ1n) is 5.61. The molecule has 0 bridgehead atoms. The Morgan fingerprint density at radius 2 is 2.26 bits per heavy atom. The van der Waals surface area contributed by atoms with E-state index in [1.165, 1.54) is 4.90 Å². The summed E-state index contributed by atoms with van der Waals surface area (Å²) in [7, 11) is -4.56. The second kappa shape index (κ2) is 5.16. The lowest BCUT2D eigenvalue weighted by molar-refractivity contribution is -0.117. The summed E-state index contributed by atoms with van der Waals surface area (Å²) < 4.78 is 34.6.